The van der Waals surface area contributed by atoms with Crippen molar-refractivity contribution in [2.45, 2.75) is 38.1 Å². The molecule has 0 heterocycles. The van der Waals surface area contributed by atoms with Crippen LogP contribution in [-0.2, 0) is 0 Å². The average molecular weight is 363 g/mol. The van der Waals surface area contributed by atoms with Crippen LogP contribution in [0.3, 0.4) is 0 Å². The van der Waals surface area contributed by atoms with Gasteiger partial charge in [-0.3, -0.25) is 0 Å². The van der Waals surface area contributed by atoms with Crippen LogP contribution >= 0.6 is 28.1 Å². The molecule has 1 fully saturated rings. The molecule has 0 amide bonds. The maximum atomic E-state index is 5.43. The van der Waals surface area contributed by atoms with Gasteiger partial charge in [0.2, 0.25) is 0 Å². The first kappa shape index (κ1) is 14.8. The molecular weight excluding hydrogens is 344 g/mol. The number of rotatable bonds is 2. The fraction of sp³-hybridized carbons (Fsp3) is 0.353. The number of nitrogens with one attached hydrogen (secondary N) is 2. The summed E-state index contributed by atoms with van der Waals surface area (Å²) < 4.78 is 1.10. The van der Waals surface area contributed by atoms with E-state index in [9.17, 15) is 0 Å². The van der Waals surface area contributed by atoms with E-state index in [1.807, 2.05) is 0 Å². The van der Waals surface area contributed by atoms with Gasteiger partial charge in [0.05, 0.1) is 0 Å². The second-order valence-electron chi connectivity index (χ2n) is 5.64. The van der Waals surface area contributed by atoms with Gasteiger partial charge in [-0.1, -0.05) is 47.3 Å². The minimum atomic E-state index is 0.537. The molecule has 2 aromatic rings. The van der Waals surface area contributed by atoms with Gasteiger partial charge in [0.25, 0.3) is 0 Å². The molecule has 0 unspecified atom stereocenters. The molecule has 2 aromatic carbocycles. The molecule has 0 saturated heterocycles. The number of fused-ring (bicyclic) bond motifs is 1. The topological polar surface area (TPSA) is 24.1 Å². The molecule has 4 heteroatoms. The lowest BCUT2D eigenvalue weighted by atomic mass is 9.96. The van der Waals surface area contributed by atoms with Crippen molar-refractivity contribution in [3.05, 3.63) is 40.9 Å². The summed E-state index contributed by atoms with van der Waals surface area (Å²) in [7, 11) is 0. The lowest BCUT2D eigenvalue weighted by Gasteiger charge is -2.24. The molecular formula is C17H19BrN2S. The predicted octanol–water partition coefficient (Wildman–Crippen LogP) is 5.22. The largest absolute Gasteiger partial charge is 0.360 e. The third-order valence-corrected chi connectivity index (χ3v) is 4.71. The number of benzene rings is 2. The Balaban J connectivity index is 1.66. The Morgan fingerprint density at radius 1 is 1.00 bits per heavy atom. The second-order valence-corrected chi connectivity index (χ2v) is 6.96. The van der Waals surface area contributed by atoms with Crippen LogP contribution in [0.1, 0.15) is 32.1 Å². The smallest absolute Gasteiger partial charge is 0.170 e. The van der Waals surface area contributed by atoms with Gasteiger partial charge in [-0.2, -0.15) is 0 Å². The van der Waals surface area contributed by atoms with E-state index in [1.165, 1.54) is 42.9 Å². The Kier molecular flexibility index (Phi) is 4.76. The third kappa shape index (κ3) is 3.95. The molecule has 0 aromatic heterocycles. The van der Waals surface area contributed by atoms with E-state index >= 15 is 0 Å². The average Bonchev–Trinajstić information content (AvgIpc) is 2.48. The second kappa shape index (κ2) is 6.75. The highest BCUT2D eigenvalue weighted by molar-refractivity contribution is 9.10. The molecule has 21 heavy (non-hydrogen) atoms. The summed E-state index contributed by atoms with van der Waals surface area (Å²) >= 11 is 8.93. The highest BCUT2D eigenvalue weighted by atomic mass is 79.9. The molecule has 2 nitrogen and oxygen atoms in total. The van der Waals surface area contributed by atoms with Crippen molar-refractivity contribution in [2.75, 3.05) is 5.32 Å². The van der Waals surface area contributed by atoms with Gasteiger partial charge < -0.3 is 10.6 Å². The number of hydrogen-bond acceptors (Lipinski definition) is 1. The molecule has 2 N–H and O–H groups in total. The van der Waals surface area contributed by atoms with Crippen LogP contribution < -0.4 is 10.6 Å². The maximum absolute atomic E-state index is 5.43. The van der Waals surface area contributed by atoms with Gasteiger partial charge in [-0.15, -0.1) is 0 Å². The molecule has 0 aliphatic heterocycles. The Morgan fingerprint density at radius 2 is 1.71 bits per heavy atom. The van der Waals surface area contributed by atoms with Crippen LogP contribution in [0.2, 0.25) is 0 Å². The minimum absolute atomic E-state index is 0.537. The fourth-order valence-electron chi connectivity index (χ4n) is 2.89. The monoisotopic (exact) mass is 362 g/mol. The van der Waals surface area contributed by atoms with Gasteiger partial charge in [-0.25, -0.2) is 0 Å². The van der Waals surface area contributed by atoms with E-state index in [4.69, 9.17) is 12.2 Å². The van der Waals surface area contributed by atoms with Gasteiger partial charge >= 0.3 is 0 Å². The number of halogens is 1. The highest BCUT2D eigenvalue weighted by Crippen LogP contribution is 2.23. The summed E-state index contributed by atoms with van der Waals surface area (Å²) in [6, 6.07) is 13.2. The summed E-state index contributed by atoms with van der Waals surface area (Å²) in [4.78, 5) is 0. The van der Waals surface area contributed by atoms with Crippen LogP contribution in [0.5, 0.6) is 0 Å². The molecule has 0 atom stereocenters. The zero-order valence-electron chi connectivity index (χ0n) is 11.9. The van der Waals surface area contributed by atoms with Gasteiger partial charge in [0, 0.05) is 16.2 Å². The summed E-state index contributed by atoms with van der Waals surface area (Å²) in [5, 5.41) is 9.91. The summed E-state index contributed by atoms with van der Waals surface area (Å²) in [6.45, 7) is 0. The molecule has 1 aliphatic carbocycles. The first-order chi connectivity index (χ1) is 10.2. The van der Waals surface area contributed by atoms with E-state index in [-0.39, 0.29) is 0 Å². The van der Waals surface area contributed by atoms with E-state index in [1.54, 1.807) is 0 Å². The molecule has 0 spiro atoms. The lowest BCUT2D eigenvalue weighted by molar-refractivity contribution is 0.415. The standard InChI is InChI=1S/C17H19BrN2S/c18-14-8-6-13-11-16(9-7-12(13)10-14)20-17(21)19-15-4-2-1-3-5-15/h6-11,15H,1-5H2,(H2,19,20,21). The normalized spacial score (nSPS) is 15.9. The third-order valence-electron chi connectivity index (χ3n) is 4.00. The van der Waals surface area contributed by atoms with Crippen LogP contribution in [-0.4, -0.2) is 11.2 Å². The molecule has 0 radical (unpaired) electrons. The molecule has 1 saturated carbocycles. The van der Waals surface area contributed by atoms with Crippen LogP contribution in [0.4, 0.5) is 5.69 Å². The van der Waals surface area contributed by atoms with E-state index < -0.39 is 0 Å². The first-order valence-corrected chi connectivity index (χ1v) is 8.68. The van der Waals surface area contributed by atoms with E-state index in [0.717, 1.165) is 15.3 Å². The first-order valence-electron chi connectivity index (χ1n) is 7.47. The van der Waals surface area contributed by atoms with Gasteiger partial charge in [0.1, 0.15) is 0 Å². The Morgan fingerprint density at radius 3 is 2.52 bits per heavy atom. The van der Waals surface area contributed by atoms with Crippen molar-refractivity contribution in [3.8, 4) is 0 Å². The molecule has 3 rings (SSSR count). The van der Waals surface area contributed by atoms with Crippen molar-refractivity contribution in [1.82, 2.24) is 5.32 Å². The number of thiocarbonyl (C=S) groups is 1. The van der Waals surface area contributed by atoms with Crippen LogP contribution in [0, 0.1) is 0 Å². The van der Waals surface area contributed by atoms with E-state index in [0.29, 0.717) is 6.04 Å². The zero-order chi connectivity index (χ0) is 14.7. The lowest BCUT2D eigenvalue weighted by Crippen LogP contribution is -2.38. The molecule has 0 bridgehead atoms. The van der Waals surface area contributed by atoms with Crippen LogP contribution in [0.25, 0.3) is 10.8 Å². The summed E-state index contributed by atoms with van der Waals surface area (Å²) in [5.41, 5.74) is 1.04. The van der Waals surface area contributed by atoms with Crippen molar-refractivity contribution >= 4 is 49.7 Å². The van der Waals surface area contributed by atoms with Crippen molar-refractivity contribution in [3.63, 3.8) is 0 Å². The van der Waals surface area contributed by atoms with Crippen LogP contribution in [0.15, 0.2) is 40.9 Å². The van der Waals surface area contributed by atoms with Gasteiger partial charge in [-0.05, 0) is 60.1 Å². The number of anilines is 1. The van der Waals surface area contributed by atoms with Gasteiger partial charge in [0.15, 0.2) is 5.11 Å². The van der Waals surface area contributed by atoms with Crippen molar-refractivity contribution in [1.29, 1.82) is 0 Å². The summed E-state index contributed by atoms with van der Waals surface area (Å²) in [6.07, 6.45) is 6.44. The van der Waals surface area contributed by atoms with Crippen molar-refractivity contribution in [2.24, 2.45) is 0 Å². The quantitative estimate of drug-likeness (QED) is 0.716. The van der Waals surface area contributed by atoms with Crippen molar-refractivity contribution < 1.29 is 0 Å². The Bertz CT molecular complexity index is 650. The Hall–Kier alpha value is -1.13. The van der Waals surface area contributed by atoms with E-state index in [2.05, 4.69) is 63.0 Å². The number of hydrogen-bond donors (Lipinski definition) is 2. The fourth-order valence-corrected chi connectivity index (χ4v) is 3.56. The highest BCUT2D eigenvalue weighted by Gasteiger charge is 2.13. The molecule has 1 aliphatic rings. The molecule has 110 valence electrons. The maximum Gasteiger partial charge on any atom is 0.170 e. The zero-order valence-corrected chi connectivity index (χ0v) is 14.3. The summed E-state index contributed by atoms with van der Waals surface area (Å²) in [5.74, 6) is 0. The Labute approximate surface area is 139 Å². The predicted molar refractivity (Wildman–Crippen MR) is 97.9 cm³/mol. The SMILES string of the molecule is S=C(Nc1ccc2cc(Br)ccc2c1)NC1CCCCC1. The minimum Gasteiger partial charge on any atom is -0.360 e.